The first-order valence-corrected chi connectivity index (χ1v) is 9.78. The van der Waals surface area contributed by atoms with E-state index >= 15 is 0 Å². The third-order valence-electron chi connectivity index (χ3n) is 4.73. The maximum Gasteiger partial charge on any atom is 0.407 e. The third-order valence-corrected chi connectivity index (χ3v) is 5.91. The second-order valence-electron chi connectivity index (χ2n) is 6.39. The number of fused-ring (bicyclic) bond motifs is 1. The van der Waals surface area contributed by atoms with Crippen molar-refractivity contribution in [1.29, 1.82) is 0 Å². The molecule has 10 heteroatoms. The lowest BCUT2D eigenvalue weighted by atomic mass is 10.2. The molecule has 0 atom stereocenters. The van der Waals surface area contributed by atoms with Crippen molar-refractivity contribution in [3.8, 4) is 0 Å². The highest BCUT2D eigenvalue weighted by Gasteiger charge is 2.22. The summed E-state index contributed by atoms with van der Waals surface area (Å²) in [7, 11) is 0. The molecule has 1 amide bonds. The van der Waals surface area contributed by atoms with Crippen molar-refractivity contribution in [2.45, 2.75) is 6.54 Å². The van der Waals surface area contributed by atoms with Crippen LogP contribution in [0.1, 0.15) is 4.88 Å². The highest BCUT2D eigenvalue weighted by Crippen LogP contribution is 2.33. The van der Waals surface area contributed by atoms with Gasteiger partial charge in [-0.05, 0) is 17.7 Å². The number of carbonyl (C=O) groups is 1. The molecule has 0 saturated carbocycles. The van der Waals surface area contributed by atoms with Crippen molar-refractivity contribution in [3.63, 3.8) is 0 Å². The minimum atomic E-state index is -0.841. The molecule has 2 aromatic rings. The summed E-state index contributed by atoms with van der Waals surface area (Å²) >= 11 is 7.77. The van der Waals surface area contributed by atoms with Crippen LogP contribution in [0.15, 0.2) is 6.07 Å². The van der Waals surface area contributed by atoms with Gasteiger partial charge in [0.25, 0.3) is 0 Å². The highest BCUT2D eigenvalue weighted by molar-refractivity contribution is 7.18. The van der Waals surface area contributed by atoms with Gasteiger partial charge in [-0.15, -0.1) is 11.3 Å². The Morgan fingerprint density at radius 1 is 1.19 bits per heavy atom. The Balaban J connectivity index is 1.53. The van der Waals surface area contributed by atoms with Gasteiger partial charge in [-0.25, -0.2) is 9.78 Å². The van der Waals surface area contributed by atoms with Crippen LogP contribution in [-0.2, 0) is 11.3 Å². The van der Waals surface area contributed by atoms with Gasteiger partial charge in [0, 0.05) is 50.7 Å². The van der Waals surface area contributed by atoms with Crippen molar-refractivity contribution in [3.05, 3.63) is 16.2 Å². The first-order chi connectivity index (χ1) is 12.6. The number of piperazine rings is 1. The maximum atomic E-state index is 11.0. The zero-order valence-corrected chi connectivity index (χ0v) is 15.8. The van der Waals surface area contributed by atoms with E-state index in [1.807, 2.05) is 0 Å². The van der Waals surface area contributed by atoms with Crippen LogP contribution in [0.4, 0.5) is 10.6 Å². The molecule has 2 saturated heterocycles. The number of amides is 1. The molecule has 2 fully saturated rings. The summed E-state index contributed by atoms with van der Waals surface area (Å²) in [6.45, 7) is 6.33. The van der Waals surface area contributed by atoms with E-state index in [1.165, 1.54) is 9.78 Å². The molecule has 2 aliphatic heterocycles. The summed E-state index contributed by atoms with van der Waals surface area (Å²) in [5, 5.41) is 10.4. The number of anilines is 1. The lowest BCUT2D eigenvalue weighted by Gasteiger charge is -2.32. The predicted octanol–water partition coefficient (Wildman–Crippen LogP) is 1.98. The Labute approximate surface area is 159 Å². The van der Waals surface area contributed by atoms with E-state index in [1.54, 1.807) is 11.3 Å². The summed E-state index contributed by atoms with van der Waals surface area (Å²) in [6, 6.07) is 2.14. The van der Waals surface area contributed by atoms with Crippen molar-refractivity contribution in [2.24, 2.45) is 0 Å². The Kier molecular flexibility index (Phi) is 5.12. The fourth-order valence-electron chi connectivity index (χ4n) is 3.34. The fraction of sp³-hybridized carbons (Fsp3) is 0.562. The molecule has 26 heavy (non-hydrogen) atoms. The maximum absolute atomic E-state index is 11.0. The third kappa shape index (κ3) is 3.71. The lowest BCUT2D eigenvalue weighted by Crippen LogP contribution is -2.47. The number of hydrogen-bond donors (Lipinski definition) is 1. The number of thiophene rings is 1. The average molecular weight is 398 g/mol. The van der Waals surface area contributed by atoms with Crippen molar-refractivity contribution in [2.75, 3.05) is 57.4 Å². The Hall–Kier alpha value is -1.68. The molecule has 4 heterocycles. The van der Waals surface area contributed by atoms with Crippen LogP contribution in [0, 0.1) is 0 Å². The van der Waals surface area contributed by atoms with E-state index in [0.717, 1.165) is 48.8 Å². The van der Waals surface area contributed by atoms with Crippen LogP contribution >= 0.6 is 22.9 Å². The molecule has 2 aromatic heterocycles. The quantitative estimate of drug-likeness (QED) is 0.793. The van der Waals surface area contributed by atoms with Gasteiger partial charge in [0.05, 0.1) is 18.6 Å². The van der Waals surface area contributed by atoms with E-state index in [0.29, 0.717) is 26.3 Å². The number of hydrogen-bond acceptors (Lipinski definition) is 7. The molecule has 0 spiro atoms. The summed E-state index contributed by atoms with van der Waals surface area (Å²) in [5.41, 5.74) is 0. The van der Waals surface area contributed by atoms with E-state index < -0.39 is 6.09 Å². The fourth-order valence-corrected chi connectivity index (χ4v) is 4.62. The van der Waals surface area contributed by atoms with Gasteiger partial charge >= 0.3 is 6.09 Å². The zero-order chi connectivity index (χ0) is 18.1. The molecule has 2 aliphatic rings. The standard InChI is InChI=1S/C16H20ClN5O3S/c17-15-18-13(21-5-7-25-8-6-21)12-9-11(26-14(12)19-15)10-20-1-3-22(4-2-20)16(23)24/h9H,1-8,10H2,(H,23,24). The first kappa shape index (κ1) is 17.7. The van der Waals surface area contributed by atoms with Crippen LogP contribution in [0.25, 0.3) is 10.2 Å². The Morgan fingerprint density at radius 2 is 1.92 bits per heavy atom. The number of aromatic nitrogens is 2. The predicted molar refractivity (Wildman–Crippen MR) is 100 cm³/mol. The number of halogens is 1. The smallest absolute Gasteiger partial charge is 0.407 e. The molecule has 0 aromatic carbocycles. The number of morpholine rings is 1. The normalized spacial score (nSPS) is 19.3. The van der Waals surface area contributed by atoms with Crippen LogP contribution in [0.5, 0.6) is 0 Å². The second kappa shape index (κ2) is 7.51. The molecule has 0 unspecified atom stereocenters. The molecule has 0 aliphatic carbocycles. The molecule has 4 rings (SSSR count). The summed E-state index contributed by atoms with van der Waals surface area (Å²) < 4.78 is 5.43. The molecular weight excluding hydrogens is 378 g/mol. The summed E-state index contributed by atoms with van der Waals surface area (Å²) in [5.74, 6) is 0.876. The van der Waals surface area contributed by atoms with Crippen LogP contribution < -0.4 is 4.90 Å². The van der Waals surface area contributed by atoms with E-state index in [2.05, 4.69) is 25.8 Å². The molecule has 140 valence electrons. The second-order valence-corrected chi connectivity index (χ2v) is 7.85. The monoisotopic (exact) mass is 397 g/mol. The van der Waals surface area contributed by atoms with Crippen LogP contribution in [0.3, 0.4) is 0 Å². The van der Waals surface area contributed by atoms with E-state index in [-0.39, 0.29) is 5.28 Å². The highest BCUT2D eigenvalue weighted by atomic mass is 35.5. The SMILES string of the molecule is O=C(O)N1CCN(Cc2cc3c(N4CCOCC4)nc(Cl)nc3s2)CC1. The van der Waals surface area contributed by atoms with Crippen LogP contribution in [-0.4, -0.2) is 83.4 Å². The van der Waals surface area contributed by atoms with Gasteiger partial charge in [-0.1, -0.05) is 0 Å². The topological polar surface area (TPSA) is 82.0 Å². The Bertz CT molecular complexity index is 803. The van der Waals surface area contributed by atoms with Crippen LogP contribution in [0.2, 0.25) is 5.28 Å². The number of nitrogens with zero attached hydrogens (tertiary/aromatic N) is 5. The Morgan fingerprint density at radius 3 is 2.62 bits per heavy atom. The van der Waals surface area contributed by atoms with Gasteiger partial charge in [0.15, 0.2) is 0 Å². The van der Waals surface area contributed by atoms with Gasteiger partial charge in [-0.3, -0.25) is 4.90 Å². The molecule has 0 bridgehead atoms. The molecule has 1 N–H and O–H groups in total. The average Bonchev–Trinajstić information content (AvgIpc) is 3.04. The van der Waals surface area contributed by atoms with Gasteiger partial charge < -0.3 is 19.6 Å². The van der Waals surface area contributed by atoms with Crippen molar-refractivity contribution in [1.82, 2.24) is 19.8 Å². The van der Waals surface area contributed by atoms with Crippen molar-refractivity contribution >= 4 is 45.1 Å². The van der Waals surface area contributed by atoms with Gasteiger partial charge in [-0.2, -0.15) is 4.98 Å². The summed E-state index contributed by atoms with van der Waals surface area (Å²) in [6.07, 6.45) is -0.841. The van der Waals surface area contributed by atoms with E-state index in [4.69, 9.17) is 21.4 Å². The first-order valence-electron chi connectivity index (χ1n) is 8.59. The molecule has 8 nitrogen and oxygen atoms in total. The zero-order valence-electron chi connectivity index (χ0n) is 14.2. The largest absolute Gasteiger partial charge is 0.465 e. The number of carboxylic acid groups (broad SMARTS) is 1. The van der Waals surface area contributed by atoms with E-state index in [9.17, 15) is 4.79 Å². The van der Waals surface area contributed by atoms with Crippen molar-refractivity contribution < 1.29 is 14.6 Å². The minimum absolute atomic E-state index is 0.266. The number of rotatable bonds is 3. The van der Waals surface area contributed by atoms with Gasteiger partial charge in [0.1, 0.15) is 10.6 Å². The van der Waals surface area contributed by atoms with Gasteiger partial charge in [0.2, 0.25) is 5.28 Å². The lowest BCUT2D eigenvalue weighted by molar-refractivity contribution is 0.103. The molecular formula is C16H20ClN5O3S. The minimum Gasteiger partial charge on any atom is -0.465 e. The molecule has 0 radical (unpaired) electrons. The summed E-state index contributed by atoms with van der Waals surface area (Å²) in [4.78, 5) is 27.9. The number of ether oxygens (including phenoxy) is 1.